The molecule has 0 saturated carbocycles. The minimum Gasteiger partial charge on any atom is -0.388 e. The zero-order valence-electron chi connectivity index (χ0n) is 20.6. The summed E-state index contributed by atoms with van der Waals surface area (Å²) in [6, 6.07) is 15.6. The Bertz CT molecular complexity index is 1800. The minimum absolute atomic E-state index is 0.0886. The topological polar surface area (TPSA) is 193 Å². The van der Waals surface area contributed by atoms with E-state index in [4.69, 9.17) is 26.1 Å². The maximum atomic E-state index is 12.2. The van der Waals surface area contributed by atoms with Gasteiger partial charge in [0, 0.05) is 16.9 Å². The van der Waals surface area contributed by atoms with Crippen LogP contribution in [0.5, 0.6) is 0 Å². The number of nitrogens with zero attached hydrogens (tertiary/aromatic N) is 5. The van der Waals surface area contributed by atoms with Crippen molar-refractivity contribution in [1.29, 1.82) is 0 Å². The highest BCUT2D eigenvalue weighted by Gasteiger charge is 2.45. The van der Waals surface area contributed by atoms with Crippen molar-refractivity contribution < 1.29 is 38.8 Å². The first-order chi connectivity index (χ1) is 18.9. The Balaban J connectivity index is 1.38. The van der Waals surface area contributed by atoms with E-state index in [1.807, 2.05) is 53.1 Å². The molecule has 0 bridgehead atoms. The van der Waals surface area contributed by atoms with Crippen molar-refractivity contribution in [2.45, 2.75) is 31.0 Å². The second-order valence-electron chi connectivity index (χ2n) is 9.72. The molecule has 5 atom stereocenters. The number of imidazole rings is 1. The van der Waals surface area contributed by atoms with Gasteiger partial charge in [0.25, 0.3) is 0 Å². The maximum Gasteiger partial charge on any atom is 0.335 e. The van der Waals surface area contributed by atoms with Crippen molar-refractivity contribution in [3.05, 3.63) is 60.1 Å². The lowest BCUT2D eigenvalue weighted by molar-refractivity contribution is -0.0354. The van der Waals surface area contributed by atoms with Crippen molar-refractivity contribution in [3.8, 4) is 5.82 Å². The monoisotopic (exact) mass is 607 g/mol. The van der Waals surface area contributed by atoms with Gasteiger partial charge in [0.05, 0.1) is 23.5 Å². The van der Waals surface area contributed by atoms with E-state index in [0.29, 0.717) is 11.3 Å². The van der Waals surface area contributed by atoms with Crippen LogP contribution in [0.3, 0.4) is 0 Å². The quantitative estimate of drug-likeness (QED) is 0.135. The molecular weight excluding hydrogens is 584 g/mol. The molecule has 0 aliphatic carbocycles. The molecule has 40 heavy (non-hydrogen) atoms. The van der Waals surface area contributed by atoms with E-state index in [1.165, 1.54) is 10.9 Å². The zero-order valence-corrected chi connectivity index (χ0v) is 23.1. The molecule has 5 aromatic rings. The van der Waals surface area contributed by atoms with Crippen molar-refractivity contribution in [2.75, 3.05) is 12.1 Å². The zero-order chi connectivity index (χ0) is 28.4. The van der Waals surface area contributed by atoms with Crippen LogP contribution < -0.4 is 0 Å². The normalized spacial score (nSPS) is 23.4. The molecule has 6 rings (SSSR count). The van der Waals surface area contributed by atoms with E-state index in [0.717, 1.165) is 21.8 Å². The van der Waals surface area contributed by atoms with Gasteiger partial charge in [-0.3, -0.25) is 18.3 Å². The summed E-state index contributed by atoms with van der Waals surface area (Å²) in [4.78, 5) is 41.4. The molecule has 2 aromatic carbocycles. The van der Waals surface area contributed by atoms with Gasteiger partial charge in [0.1, 0.15) is 18.1 Å². The first kappa shape index (κ1) is 27.5. The third-order valence-corrected chi connectivity index (χ3v) is 11.3. The Morgan fingerprint density at radius 2 is 1.55 bits per heavy atom. The summed E-state index contributed by atoms with van der Waals surface area (Å²) in [6.45, 7) is 0. The van der Waals surface area contributed by atoms with Crippen molar-refractivity contribution in [3.63, 3.8) is 0 Å². The van der Waals surface area contributed by atoms with Crippen molar-refractivity contribution in [2.24, 2.45) is 0 Å². The van der Waals surface area contributed by atoms with Gasteiger partial charge in [0.2, 0.25) is 12.7 Å². The average Bonchev–Trinajstić information content (AvgIpc) is 3.53. The molecule has 3 aromatic heterocycles. The number of aliphatic hydroxyl groups excluding tert-OH is 2. The molecule has 3 unspecified atom stereocenters. The molecule has 16 heteroatoms. The Labute approximate surface area is 231 Å². The Morgan fingerprint density at radius 3 is 2.17 bits per heavy atom. The Hall–Kier alpha value is -2.70. The number of halogens is 1. The molecule has 1 aliphatic heterocycles. The van der Waals surface area contributed by atoms with E-state index in [1.54, 1.807) is 0 Å². The molecule has 1 aliphatic rings. The fraction of sp³-hybridized carbons (Fsp3) is 0.292. The molecule has 0 radical (unpaired) electrons. The maximum absolute atomic E-state index is 12.2. The van der Waals surface area contributed by atoms with Gasteiger partial charge >= 0.3 is 7.60 Å². The van der Waals surface area contributed by atoms with Gasteiger partial charge in [-0.25, -0.2) is 4.98 Å². The van der Waals surface area contributed by atoms with E-state index in [9.17, 15) is 24.2 Å². The van der Waals surface area contributed by atoms with Crippen LogP contribution in [0.4, 0.5) is 0 Å². The average molecular weight is 608 g/mol. The number of rotatable bonds is 7. The molecule has 210 valence electrons. The molecule has 4 heterocycles. The number of benzene rings is 2. The number of aromatic nitrogens is 5. The first-order valence-corrected chi connectivity index (χ1v) is 16.4. The molecule has 0 amide bonds. The highest BCUT2D eigenvalue weighted by Crippen LogP contribution is 2.55. The van der Waals surface area contributed by atoms with Crippen LogP contribution in [0.25, 0.3) is 38.8 Å². The fourth-order valence-corrected chi connectivity index (χ4v) is 8.94. The summed E-state index contributed by atoms with van der Waals surface area (Å²) in [5.41, 5.74) is 2.31. The van der Waals surface area contributed by atoms with Crippen LogP contribution in [0.2, 0.25) is 5.28 Å². The molecular formula is C24H24ClN5O8P2. The smallest absolute Gasteiger partial charge is 0.335 e. The summed E-state index contributed by atoms with van der Waals surface area (Å²) >= 11 is 6.37. The number of fused-ring (bicyclic) bond motifs is 4. The predicted octanol–water partition coefficient (Wildman–Crippen LogP) is 2.99. The lowest BCUT2D eigenvalue weighted by atomic mass is 10.1. The molecule has 13 nitrogen and oxygen atoms in total. The highest BCUT2D eigenvalue weighted by atomic mass is 35.5. The Kier molecular flexibility index (Phi) is 6.86. The van der Waals surface area contributed by atoms with E-state index in [2.05, 4.69) is 15.0 Å². The van der Waals surface area contributed by atoms with E-state index in [-0.39, 0.29) is 17.4 Å². The largest absolute Gasteiger partial charge is 0.388 e. The first-order valence-electron chi connectivity index (χ1n) is 12.2. The lowest BCUT2D eigenvalue weighted by Crippen LogP contribution is -2.32. The summed E-state index contributed by atoms with van der Waals surface area (Å²) in [5, 5.41) is 23.4. The van der Waals surface area contributed by atoms with E-state index < -0.39 is 51.6 Å². The Morgan fingerprint density at radius 1 is 0.925 bits per heavy atom. The van der Waals surface area contributed by atoms with Gasteiger partial charge in [0.15, 0.2) is 23.2 Å². The number of ether oxygens (including phenoxy) is 1. The van der Waals surface area contributed by atoms with Gasteiger partial charge in [-0.05, 0) is 30.2 Å². The molecule has 5 N–H and O–H groups in total. The van der Waals surface area contributed by atoms with E-state index >= 15 is 0 Å². The fourth-order valence-electron chi connectivity index (χ4n) is 5.25. The van der Waals surface area contributed by atoms with Crippen LogP contribution in [-0.4, -0.2) is 79.4 Å². The van der Waals surface area contributed by atoms with Gasteiger partial charge < -0.3 is 29.6 Å². The second kappa shape index (κ2) is 9.99. The molecule has 0 spiro atoms. The number of hydrogen-bond donors (Lipinski definition) is 5. The summed E-state index contributed by atoms with van der Waals surface area (Å²) in [5.74, 6) is -0.781. The second-order valence-corrected chi connectivity index (χ2v) is 14.7. The van der Waals surface area contributed by atoms with Gasteiger partial charge in [-0.1, -0.05) is 36.4 Å². The minimum atomic E-state index is -4.72. The third kappa shape index (κ3) is 4.87. The van der Waals surface area contributed by atoms with Gasteiger partial charge in [-0.15, -0.1) is 0 Å². The van der Waals surface area contributed by atoms with Crippen LogP contribution in [0.1, 0.15) is 12.6 Å². The predicted molar refractivity (Wildman–Crippen MR) is 147 cm³/mol. The number of hydrogen-bond acceptors (Lipinski definition) is 8. The lowest BCUT2D eigenvalue weighted by Gasteiger charge is -2.18. The van der Waals surface area contributed by atoms with Crippen molar-refractivity contribution >= 4 is 59.5 Å². The van der Waals surface area contributed by atoms with Crippen LogP contribution in [-0.2, 0) is 13.9 Å². The SMILES string of the molecule is O=P(O)(O)CP(=O)(O)CC[C@H]1O[C@@H](n2cnc3c(-n4c5ccccc5c5ccccc54)nc(Cl)nc32)C(O)C1O. The third-order valence-electron chi connectivity index (χ3n) is 6.95. The standard InChI is InChI=1S/C24H24ClN5O8P2/c25-24-27-21-18(22(28-24)30-15-7-3-1-5-13(15)14-6-2-4-8-16(14)30)26-11-29(21)23-20(32)19(31)17(38-23)9-10-39(33,34)12-40(35,36)37/h1-8,11,17,19-20,23,31-32H,9-10,12H2,(H,33,34)(H2,35,36,37)/t17-,19?,20?,23-/m1/s1. The molecule has 1 fully saturated rings. The van der Waals surface area contributed by atoms with Crippen LogP contribution in [0.15, 0.2) is 54.9 Å². The van der Waals surface area contributed by atoms with Crippen molar-refractivity contribution in [1.82, 2.24) is 24.1 Å². The number of aliphatic hydroxyl groups is 2. The van der Waals surface area contributed by atoms with Crippen LogP contribution in [0, 0.1) is 0 Å². The van der Waals surface area contributed by atoms with Gasteiger partial charge in [-0.2, -0.15) is 9.97 Å². The summed E-state index contributed by atoms with van der Waals surface area (Å²) < 4.78 is 32.6. The summed E-state index contributed by atoms with van der Waals surface area (Å²) in [7, 11) is -8.93. The highest BCUT2D eigenvalue weighted by molar-refractivity contribution is 7.72. The number of para-hydroxylation sites is 2. The van der Waals surface area contributed by atoms with Crippen LogP contribution >= 0.6 is 26.6 Å². The summed E-state index contributed by atoms with van der Waals surface area (Å²) in [6.07, 6.45) is -4.56. The molecule has 1 saturated heterocycles.